The Morgan fingerprint density at radius 2 is 2.12 bits per heavy atom. The minimum Gasteiger partial charge on any atom is -0.464 e. The molecule has 1 fully saturated rings. The number of carbonyl (C=O) groups excluding carboxylic acids is 2. The van der Waals surface area contributed by atoms with Crippen LogP contribution in [0.15, 0.2) is 58.6 Å². The summed E-state index contributed by atoms with van der Waals surface area (Å²) in [4.78, 5) is 26.7. The Balaban J connectivity index is 0.000000165. The molecule has 5 rings (SSSR count). The first-order valence-corrected chi connectivity index (χ1v) is 12.2. The summed E-state index contributed by atoms with van der Waals surface area (Å²) in [6, 6.07) is 10.4. The minimum absolute atomic E-state index is 0.0163. The van der Waals surface area contributed by atoms with Gasteiger partial charge in [0.2, 0.25) is 5.91 Å². The molecule has 4 unspecified atom stereocenters. The van der Waals surface area contributed by atoms with Gasteiger partial charge in [-0.2, -0.15) is 0 Å². The van der Waals surface area contributed by atoms with Crippen LogP contribution < -0.4 is 4.72 Å². The van der Waals surface area contributed by atoms with Crippen LogP contribution in [-0.2, 0) is 20.7 Å². The number of aliphatic hydroxyl groups is 2. The van der Waals surface area contributed by atoms with Gasteiger partial charge in [0.25, 0.3) is 0 Å². The predicted molar refractivity (Wildman–Crippen MR) is 133 cm³/mol. The maximum atomic E-state index is 12.1. The number of anilines is 1. The van der Waals surface area contributed by atoms with Gasteiger partial charge in [0.15, 0.2) is 0 Å². The van der Waals surface area contributed by atoms with Crippen LogP contribution in [0.3, 0.4) is 0 Å². The second-order valence-corrected chi connectivity index (χ2v) is 9.57. The molecule has 34 heavy (non-hydrogen) atoms. The Morgan fingerprint density at radius 3 is 2.76 bits per heavy atom. The zero-order valence-corrected chi connectivity index (χ0v) is 20.6. The van der Waals surface area contributed by atoms with Crippen LogP contribution in [0.2, 0.25) is 0 Å². The third-order valence-electron chi connectivity index (χ3n) is 6.62. The maximum Gasteiger partial charge on any atom is 0.355 e. The van der Waals surface area contributed by atoms with E-state index < -0.39 is 18.0 Å². The summed E-state index contributed by atoms with van der Waals surface area (Å²) in [6.45, 7) is 5.64. The van der Waals surface area contributed by atoms with E-state index in [-0.39, 0.29) is 24.5 Å². The lowest BCUT2D eigenvalue weighted by atomic mass is 9.78. The van der Waals surface area contributed by atoms with Crippen molar-refractivity contribution in [1.82, 2.24) is 4.90 Å². The number of nitrogens with zero attached hydrogens (tertiary/aromatic N) is 1. The summed E-state index contributed by atoms with van der Waals surface area (Å²) in [5.74, 6) is -1.12. The average molecular weight is 483 g/mol. The molecule has 1 saturated heterocycles. The SMILES string of the molecule is C/C=C/C1=C(C(=O)OC)N2C(=O)C(C(C)O)C2C1C.OCCc1cc2c3c(cccc3c1)NS2. The molecule has 0 spiro atoms. The summed E-state index contributed by atoms with van der Waals surface area (Å²) < 4.78 is 8.07. The van der Waals surface area contributed by atoms with E-state index in [4.69, 9.17) is 9.84 Å². The van der Waals surface area contributed by atoms with Crippen molar-refractivity contribution in [2.24, 2.45) is 11.8 Å². The Labute approximate surface area is 203 Å². The Bertz CT molecular complexity index is 1190. The molecule has 0 radical (unpaired) electrons. The van der Waals surface area contributed by atoms with E-state index in [1.165, 1.54) is 38.9 Å². The Morgan fingerprint density at radius 1 is 1.35 bits per heavy atom. The number of rotatable bonds is 5. The number of hydrogen-bond acceptors (Lipinski definition) is 7. The van der Waals surface area contributed by atoms with Gasteiger partial charge in [0, 0.05) is 22.8 Å². The highest BCUT2D eigenvalue weighted by atomic mass is 32.2. The number of nitrogens with one attached hydrogen (secondary N) is 1. The number of benzene rings is 2. The monoisotopic (exact) mass is 482 g/mol. The van der Waals surface area contributed by atoms with Crippen molar-refractivity contribution in [2.75, 3.05) is 18.4 Å². The summed E-state index contributed by atoms with van der Waals surface area (Å²) in [7, 11) is 1.30. The van der Waals surface area contributed by atoms with Crippen LogP contribution >= 0.6 is 11.9 Å². The fourth-order valence-corrected chi connectivity index (χ4v) is 6.01. The van der Waals surface area contributed by atoms with Crippen LogP contribution in [0.5, 0.6) is 0 Å². The summed E-state index contributed by atoms with van der Waals surface area (Å²) in [6.07, 6.45) is 3.69. The Hall–Kier alpha value is -2.81. The van der Waals surface area contributed by atoms with Crippen LogP contribution in [0.1, 0.15) is 26.3 Å². The van der Waals surface area contributed by atoms with Crippen LogP contribution in [0.4, 0.5) is 5.69 Å². The lowest BCUT2D eigenvalue weighted by Crippen LogP contribution is -2.63. The number of fused-ring (bicyclic) bond motifs is 1. The molecule has 3 heterocycles. The molecule has 0 aliphatic carbocycles. The first kappa shape index (κ1) is 24.3. The molecule has 2 aromatic rings. The highest BCUT2D eigenvalue weighted by molar-refractivity contribution is 8.01. The highest BCUT2D eigenvalue weighted by Gasteiger charge is 2.59. The quantitative estimate of drug-likeness (QED) is 0.340. The van der Waals surface area contributed by atoms with Crippen molar-refractivity contribution >= 4 is 40.3 Å². The second kappa shape index (κ2) is 9.82. The lowest BCUT2D eigenvalue weighted by molar-refractivity contribution is -0.163. The van der Waals surface area contributed by atoms with Crippen molar-refractivity contribution in [3.05, 3.63) is 59.3 Å². The summed E-state index contributed by atoms with van der Waals surface area (Å²) in [5.41, 5.74) is 3.52. The molecule has 3 N–H and O–H groups in total. The third kappa shape index (κ3) is 4.00. The van der Waals surface area contributed by atoms with E-state index in [9.17, 15) is 14.7 Å². The van der Waals surface area contributed by atoms with Gasteiger partial charge in [-0.25, -0.2) is 4.79 Å². The van der Waals surface area contributed by atoms with E-state index in [1.54, 1.807) is 18.9 Å². The van der Waals surface area contributed by atoms with Gasteiger partial charge in [-0.1, -0.05) is 37.3 Å². The third-order valence-corrected chi connectivity index (χ3v) is 7.49. The van der Waals surface area contributed by atoms with E-state index in [0.717, 1.165) is 12.0 Å². The number of aliphatic hydroxyl groups excluding tert-OH is 2. The van der Waals surface area contributed by atoms with E-state index in [2.05, 4.69) is 35.1 Å². The largest absolute Gasteiger partial charge is 0.464 e. The van der Waals surface area contributed by atoms with Gasteiger partial charge in [-0.05, 0) is 60.9 Å². The smallest absolute Gasteiger partial charge is 0.355 e. The Kier molecular flexibility index (Phi) is 7.02. The van der Waals surface area contributed by atoms with Crippen molar-refractivity contribution in [3.8, 4) is 0 Å². The molecule has 8 heteroatoms. The molecule has 0 bridgehead atoms. The van der Waals surface area contributed by atoms with Crippen molar-refractivity contribution < 1.29 is 24.5 Å². The maximum absolute atomic E-state index is 12.1. The van der Waals surface area contributed by atoms with Gasteiger partial charge in [-0.3, -0.25) is 4.79 Å². The lowest BCUT2D eigenvalue weighted by Gasteiger charge is -2.46. The molecule has 1 amide bonds. The van der Waals surface area contributed by atoms with Crippen molar-refractivity contribution in [1.29, 1.82) is 0 Å². The number of hydrogen-bond donors (Lipinski definition) is 3. The van der Waals surface area contributed by atoms with Gasteiger partial charge in [-0.15, -0.1) is 0 Å². The fraction of sp³-hybridized carbons (Fsp3) is 0.385. The van der Waals surface area contributed by atoms with Crippen molar-refractivity contribution in [3.63, 3.8) is 0 Å². The number of allylic oxidation sites excluding steroid dienone is 2. The normalized spacial score (nSPS) is 23.4. The molecule has 0 saturated carbocycles. The van der Waals surface area contributed by atoms with E-state index in [0.29, 0.717) is 5.70 Å². The molecule has 180 valence electrons. The number of methoxy groups -OCH3 is 1. The minimum atomic E-state index is -0.708. The van der Waals surface area contributed by atoms with Gasteiger partial charge in [0.05, 0.1) is 30.9 Å². The van der Waals surface area contributed by atoms with Gasteiger partial charge >= 0.3 is 5.97 Å². The molecule has 4 atom stereocenters. The van der Waals surface area contributed by atoms with Crippen LogP contribution in [-0.4, -0.2) is 52.9 Å². The number of ether oxygens (including phenoxy) is 1. The first-order chi connectivity index (χ1) is 16.3. The first-order valence-electron chi connectivity index (χ1n) is 11.4. The van der Waals surface area contributed by atoms with E-state index in [1.807, 2.05) is 26.0 Å². The second-order valence-electron chi connectivity index (χ2n) is 8.72. The summed E-state index contributed by atoms with van der Waals surface area (Å²) >= 11 is 1.65. The number of esters is 1. The molecule has 7 nitrogen and oxygen atoms in total. The standard InChI is InChI=1S/C14H19NO4.C12H11NOS/c1-5-6-9-7(2)11-10(8(3)16)13(17)15(11)12(9)14(18)19-4;14-5-4-8-6-9-2-1-3-10-12(9)11(7-8)15-13-10/h5-8,10-11,16H,1-4H3;1-3,6-7,13-14H,4-5H2/b6-5+;. The zero-order valence-electron chi connectivity index (χ0n) is 19.7. The number of β-lactam (4-membered cyclic amide) rings is 1. The van der Waals surface area contributed by atoms with Crippen LogP contribution in [0, 0.1) is 11.8 Å². The number of carbonyl (C=O) groups is 2. The molecular formula is C26H30N2O5S. The molecule has 3 aliphatic heterocycles. The van der Waals surface area contributed by atoms with Gasteiger partial charge in [0.1, 0.15) is 5.70 Å². The summed E-state index contributed by atoms with van der Waals surface area (Å²) in [5, 5.41) is 21.2. The van der Waals surface area contributed by atoms with Gasteiger partial charge < -0.3 is 24.6 Å². The fourth-order valence-electron chi connectivity index (χ4n) is 5.08. The average Bonchev–Trinajstić information content (AvgIpc) is 3.33. The van der Waals surface area contributed by atoms with E-state index >= 15 is 0 Å². The predicted octanol–water partition coefficient (Wildman–Crippen LogP) is 3.65. The molecule has 0 aromatic heterocycles. The number of amides is 1. The zero-order chi connectivity index (χ0) is 24.6. The molecule has 3 aliphatic rings. The van der Waals surface area contributed by atoms with Crippen molar-refractivity contribution in [2.45, 2.75) is 44.2 Å². The molecular weight excluding hydrogens is 452 g/mol. The highest BCUT2D eigenvalue weighted by Crippen LogP contribution is 2.47. The topological polar surface area (TPSA) is 99.1 Å². The molecule has 2 aromatic carbocycles. The van der Waals surface area contributed by atoms with Crippen LogP contribution in [0.25, 0.3) is 10.8 Å².